The summed E-state index contributed by atoms with van der Waals surface area (Å²) in [6.07, 6.45) is 5.14. The molecule has 0 heterocycles. The molecule has 19 heavy (non-hydrogen) atoms. The molecule has 0 aliphatic heterocycles. The first kappa shape index (κ1) is 15.3. The molecule has 1 aromatic rings. The maximum Gasteiger partial charge on any atom is 0.240 e. The first-order valence-corrected chi connectivity index (χ1v) is 6.99. The molecule has 0 saturated heterocycles. The molecule has 0 aromatic heterocycles. The van der Waals surface area contributed by atoms with Crippen LogP contribution in [0.1, 0.15) is 0 Å². The minimum atomic E-state index is -3.65. The van der Waals surface area contributed by atoms with Crippen molar-refractivity contribution in [1.82, 2.24) is 4.72 Å². The molecule has 1 rings (SSSR count). The van der Waals surface area contributed by atoms with Crippen LogP contribution in [0.5, 0.6) is 5.75 Å². The van der Waals surface area contributed by atoms with Crippen LogP contribution in [0, 0.1) is 12.3 Å². The van der Waals surface area contributed by atoms with Gasteiger partial charge in [0.05, 0.1) is 30.8 Å². The largest absolute Gasteiger partial charge is 0.495 e. The standard InChI is InChI=1S/C12H16N2O4S/c1-3-6-13-11-5-4-10(9-12(11)18-2)19(16,17)14-7-8-15/h1,4-5,9,13-15H,6-8H2,2H3. The van der Waals surface area contributed by atoms with Crippen LogP contribution in [-0.2, 0) is 10.0 Å². The van der Waals surface area contributed by atoms with Gasteiger partial charge in [0.15, 0.2) is 0 Å². The Balaban J connectivity index is 3.03. The van der Waals surface area contributed by atoms with E-state index in [0.717, 1.165) is 0 Å². The molecule has 0 atom stereocenters. The first-order valence-electron chi connectivity index (χ1n) is 5.51. The molecule has 0 fully saturated rings. The van der Waals surface area contributed by atoms with Gasteiger partial charge in [-0.1, -0.05) is 5.92 Å². The van der Waals surface area contributed by atoms with Gasteiger partial charge < -0.3 is 15.2 Å². The number of hydrogen-bond donors (Lipinski definition) is 3. The minimum Gasteiger partial charge on any atom is -0.495 e. The average Bonchev–Trinajstić information content (AvgIpc) is 2.42. The highest BCUT2D eigenvalue weighted by Gasteiger charge is 2.15. The molecular formula is C12H16N2O4S. The Morgan fingerprint density at radius 3 is 2.79 bits per heavy atom. The third-order valence-electron chi connectivity index (χ3n) is 2.27. The Morgan fingerprint density at radius 1 is 1.47 bits per heavy atom. The van der Waals surface area contributed by atoms with Crippen molar-refractivity contribution in [3.63, 3.8) is 0 Å². The molecule has 0 bridgehead atoms. The van der Waals surface area contributed by atoms with E-state index in [1.54, 1.807) is 6.07 Å². The molecule has 7 heteroatoms. The van der Waals surface area contributed by atoms with E-state index in [9.17, 15) is 8.42 Å². The minimum absolute atomic E-state index is 0.0399. The lowest BCUT2D eigenvalue weighted by molar-refractivity contribution is 0.301. The van der Waals surface area contributed by atoms with E-state index < -0.39 is 10.0 Å². The molecule has 1 aromatic carbocycles. The van der Waals surface area contributed by atoms with Crippen molar-refractivity contribution >= 4 is 15.7 Å². The number of terminal acetylenes is 1. The number of ether oxygens (including phenoxy) is 1. The van der Waals surface area contributed by atoms with Gasteiger partial charge in [0, 0.05) is 12.6 Å². The van der Waals surface area contributed by atoms with Crippen LogP contribution in [0.15, 0.2) is 23.1 Å². The number of aliphatic hydroxyl groups excluding tert-OH is 1. The van der Waals surface area contributed by atoms with Crippen LogP contribution in [0.3, 0.4) is 0 Å². The van der Waals surface area contributed by atoms with E-state index in [4.69, 9.17) is 16.3 Å². The van der Waals surface area contributed by atoms with Crippen LogP contribution >= 0.6 is 0 Å². The van der Waals surface area contributed by atoms with Gasteiger partial charge in [0.25, 0.3) is 0 Å². The van der Waals surface area contributed by atoms with Crippen LogP contribution in [0.25, 0.3) is 0 Å². The average molecular weight is 284 g/mol. The van der Waals surface area contributed by atoms with Crippen molar-refractivity contribution < 1.29 is 18.3 Å². The Kier molecular flexibility index (Phi) is 5.63. The maximum absolute atomic E-state index is 11.9. The summed E-state index contributed by atoms with van der Waals surface area (Å²) in [5, 5.41) is 11.6. The highest BCUT2D eigenvalue weighted by atomic mass is 32.2. The summed E-state index contributed by atoms with van der Waals surface area (Å²) in [6.45, 7) is 0.00510. The number of hydrogen-bond acceptors (Lipinski definition) is 5. The van der Waals surface area contributed by atoms with Crippen molar-refractivity contribution in [2.45, 2.75) is 4.90 Å². The van der Waals surface area contributed by atoms with Gasteiger partial charge in [-0.25, -0.2) is 13.1 Å². The summed E-state index contributed by atoms with van der Waals surface area (Å²) >= 11 is 0. The van der Waals surface area contributed by atoms with Crippen LogP contribution < -0.4 is 14.8 Å². The fraction of sp³-hybridized carbons (Fsp3) is 0.333. The summed E-state index contributed by atoms with van der Waals surface area (Å²) in [5.41, 5.74) is 0.613. The van der Waals surface area contributed by atoms with Crippen molar-refractivity contribution in [2.75, 3.05) is 32.1 Å². The number of rotatable bonds is 7. The Hall–Kier alpha value is -1.75. The van der Waals surface area contributed by atoms with Gasteiger partial charge in [0.1, 0.15) is 5.75 Å². The summed E-state index contributed by atoms with van der Waals surface area (Å²) in [6, 6.07) is 4.39. The van der Waals surface area contributed by atoms with E-state index in [0.29, 0.717) is 18.0 Å². The van der Waals surface area contributed by atoms with E-state index >= 15 is 0 Å². The van der Waals surface area contributed by atoms with Crippen LogP contribution in [0.2, 0.25) is 0 Å². The predicted octanol–water partition coefficient (Wildman–Crippen LogP) is 0.0109. The first-order chi connectivity index (χ1) is 9.05. The van der Waals surface area contributed by atoms with E-state index in [1.165, 1.54) is 19.2 Å². The number of anilines is 1. The zero-order valence-corrected chi connectivity index (χ0v) is 11.3. The zero-order valence-electron chi connectivity index (χ0n) is 10.5. The molecule has 0 aliphatic carbocycles. The van der Waals surface area contributed by atoms with E-state index in [1.807, 2.05) is 0 Å². The molecule has 0 aliphatic rings. The second-order valence-electron chi connectivity index (χ2n) is 3.54. The molecule has 0 saturated carbocycles. The number of methoxy groups -OCH3 is 1. The fourth-order valence-corrected chi connectivity index (χ4v) is 2.43. The molecule has 0 amide bonds. The quantitative estimate of drug-likeness (QED) is 0.614. The number of sulfonamides is 1. The summed E-state index contributed by atoms with van der Waals surface area (Å²) in [5.74, 6) is 2.79. The summed E-state index contributed by atoms with van der Waals surface area (Å²) < 4.78 is 31.1. The smallest absolute Gasteiger partial charge is 0.240 e. The lowest BCUT2D eigenvalue weighted by Crippen LogP contribution is -2.26. The van der Waals surface area contributed by atoms with Gasteiger partial charge in [-0.3, -0.25) is 0 Å². The zero-order chi connectivity index (χ0) is 14.3. The summed E-state index contributed by atoms with van der Waals surface area (Å²) in [7, 11) is -2.21. The number of aliphatic hydroxyl groups is 1. The number of nitrogens with one attached hydrogen (secondary N) is 2. The van der Waals surface area contributed by atoms with Crippen LogP contribution in [0.4, 0.5) is 5.69 Å². The molecule has 3 N–H and O–H groups in total. The van der Waals surface area contributed by atoms with E-state index in [-0.39, 0.29) is 18.0 Å². The number of benzene rings is 1. The van der Waals surface area contributed by atoms with Crippen LogP contribution in [-0.4, -0.2) is 40.3 Å². The molecule has 6 nitrogen and oxygen atoms in total. The molecule has 0 unspecified atom stereocenters. The monoisotopic (exact) mass is 284 g/mol. The second kappa shape index (κ2) is 6.99. The van der Waals surface area contributed by atoms with Gasteiger partial charge in [-0.05, 0) is 12.1 Å². The Bertz CT molecular complexity index is 564. The topological polar surface area (TPSA) is 87.7 Å². The molecule has 0 radical (unpaired) electrons. The van der Waals surface area contributed by atoms with Gasteiger partial charge in [-0.15, -0.1) is 6.42 Å². The third kappa shape index (κ3) is 4.13. The highest BCUT2D eigenvalue weighted by molar-refractivity contribution is 7.89. The van der Waals surface area contributed by atoms with Crippen molar-refractivity contribution in [1.29, 1.82) is 0 Å². The fourth-order valence-electron chi connectivity index (χ4n) is 1.39. The second-order valence-corrected chi connectivity index (χ2v) is 5.31. The third-order valence-corrected chi connectivity index (χ3v) is 3.73. The van der Waals surface area contributed by atoms with Gasteiger partial charge >= 0.3 is 0 Å². The summed E-state index contributed by atoms with van der Waals surface area (Å²) in [4.78, 5) is 0.0593. The lowest BCUT2D eigenvalue weighted by atomic mass is 10.3. The van der Waals surface area contributed by atoms with Gasteiger partial charge in [0.2, 0.25) is 10.0 Å². The van der Waals surface area contributed by atoms with Gasteiger partial charge in [-0.2, -0.15) is 0 Å². The SMILES string of the molecule is C#CCNc1ccc(S(=O)(=O)NCCO)cc1OC. The lowest BCUT2D eigenvalue weighted by Gasteiger charge is -2.12. The normalized spacial score (nSPS) is 10.8. The highest BCUT2D eigenvalue weighted by Crippen LogP contribution is 2.27. The predicted molar refractivity (Wildman–Crippen MR) is 72.6 cm³/mol. The van der Waals surface area contributed by atoms with Crippen molar-refractivity contribution in [3.8, 4) is 18.1 Å². The molecular weight excluding hydrogens is 268 g/mol. The van der Waals surface area contributed by atoms with Crippen molar-refractivity contribution in [2.24, 2.45) is 0 Å². The Morgan fingerprint density at radius 2 is 2.21 bits per heavy atom. The molecule has 104 valence electrons. The Labute approximate surface area is 112 Å². The van der Waals surface area contributed by atoms with Crippen molar-refractivity contribution in [3.05, 3.63) is 18.2 Å². The van der Waals surface area contributed by atoms with E-state index in [2.05, 4.69) is 16.0 Å². The maximum atomic E-state index is 11.9. The molecule has 0 spiro atoms.